The zero-order chi connectivity index (χ0) is 13.5. The van der Waals surface area contributed by atoms with Crippen LogP contribution in [0.3, 0.4) is 0 Å². The van der Waals surface area contributed by atoms with Crippen LogP contribution in [0.15, 0.2) is 35.9 Å². The van der Waals surface area contributed by atoms with Crippen molar-refractivity contribution < 1.29 is 19.4 Å². The van der Waals surface area contributed by atoms with E-state index in [2.05, 4.69) is 11.8 Å². The van der Waals surface area contributed by atoms with Gasteiger partial charge in [0, 0.05) is 12.0 Å². The summed E-state index contributed by atoms with van der Waals surface area (Å²) >= 11 is 0. The molecular formula is C15H14O4. The molecule has 0 spiro atoms. The maximum Gasteiger partial charge on any atom is 0.335 e. The Kier molecular flexibility index (Phi) is 4.60. The molecule has 0 radical (unpaired) electrons. The fraction of sp³-hybridized carbons (Fsp3) is 0.267. The third-order valence-electron chi connectivity index (χ3n) is 2.62. The topological polar surface area (TPSA) is 55.8 Å². The van der Waals surface area contributed by atoms with Gasteiger partial charge in [-0.15, -0.1) is 0 Å². The van der Waals surface area contributed by atoms with E-state index in [4.69, 9.17) is 14.6 Å². The number of aromatic carboxylic acids is 1. The summed E-state index contributed by atoms with van der Waals surface area (Å²) in [5.41, 5.74) is 1.32. The number of carboxylic acids is 1. The summed E-state index contributed by atoms with van der Waals surface area (Å²) in [5, 5.41) is 8.75. The van der Waals surface area contributed by atoms with Crippen LogP contribution < -0.4 is 4.74 Å². The molecule has 0 aliphatic carbocycles. The molecule has 0 bridgehead atoms. The second-order valence-electron chi connectivity index (χ2n) is 3.97. The molecule has 1 aliphatic rings. The lowest BCUT2D eigenvalue weighted by molar-refractivity contribution is 0.0697. The Morgan fingerprint density at radius 2 is 2.16 bits per heavy atom. The van der Waals surface area contributed by atoms with Gasteiger partial charge in [-0.2, -0.15) is 0 Å². The van der Waals surface area contributed by atoms with Crippen molar-refractivity contribution in [3.05, 3.63) is 41.5 Å². The van der Waals surface area contributed by atoms with Crippen LogP contribution in [-0.4, -0.2) is 30.9 Å². The van der Waals surface area contributed by atoms with Gasteiger partial charge >= 0.3 is 5.97 Å². The predicted octanol–water partition coefficient (Wildman–Crippen LogP) is 2.11. The van der Waals surface area contributed by atoms with Gasteiger partial charge in [0.1, 0.15) is 12.4 Å². The molecule has 0 fully saturated rings. The Labute approximate surface area is 111 Å². The van der Waals surface area contributed by atoms with Crippen LogP contribution in [0.5, 0.6) is 5.75 Å². The van der Waals surface area contributed by atoms with E-state index in [0.717, 1.165) is 18.6 Å². The first kappa shape index (κ1) is 13.2. The molecule has 0 aromatic heterocycles. The highest BCUT2D eigenvalue weighted by molar-refractivity contribution is 5.87. The van der Waals surface area contributed by atoms with Gasteiger partial charge in [0.25, 0.3) is 0 Å². The highest BCUT2D eigenvalue weighted by atomic mass is 16.5. The minimum atomic E-state index is -0.946. The van der Waals surface area contributed by atoms with Gasteiger partial charge in [0.05, 0.1) is 18.8 Å². The summed E-state index contributed by atoms with van der Waals surface area (Å²) in [5.74, 6) is 5.63. The lowest BCUT2D eigenvalue weighted by Gasteiger charge is -2.07. The number of ether oxygens (including phenoxy) is 2. The first-order chi connectivity index (χ1) is 9.25. The number of hydrogen-bond acceptors (Lipinski definition) is 3. The zero-order valence-electron chi connectivity index (χ0n) is 10.4. The van der Waals surface area contributed by atoms with E-state index in [1.807, 2.05) is 6.08 Å². The first-order valence-electron chi connectivity index (χ1n) is 5.97. The predicted molar refractivity (Wildman–Crippen MR) is 70.2 cm³/mol. The van der Waals surface area contributed by atoms with Crippen LogP contribution in [0, 0.1) is 11.8 Å². The van der Waals surface area contributed by atoms with Crippen LogP contribution in [0.25, 0.3) is 0 Å². The lowest BCUT2D eigenvalue weighted by Crippen LogP contribution is -2.03. The van der Waals surface area contributed by atoms with Crippen molar-refractivity contribution in [2.24, 2.45) is 0 Å². The van der Waals surface area contributed by atoms with E-state index >= 15 is 0 Å². The second-order valence-corrected chi connectivity index (χ2v) is 3.97. The summed E-state index contributed by atoms with van der Waals surface area (Å²) in [6.07, 6.45) is 2.82. The summed E-state index contributed by atoms with van der Waals surface area (Å²) in [6.45, 7) is 1.63. The van der Waals surface area contributed by atoms with Gasteiger partial charge < -0.3 is 14.6 Å². The molecule has 2 rings (SSSR count). The van der Waals surface area contributed by atoms with E-state index in [9.17, 15) is 4.79 Å². The molecule has 0 unspecified atom stereocenters. The minimum absolute atomic E-state index is 0.241. The fourth-order valence-electron chi connectivity index (χ4n) is 1.60. The van der Waals surface area contributed by atoms with Gasteiger partial charge in [-0.3, -0.25) is 0 Å². The van der Waals surface area contributed by atoms with Gasteiger partial charge in [0.2, 0.25) is 0 Å². The highest BCUT2D eigenvalue weighted by Gasteiger charge is 2.01. The maximum atomic E-state index is 10.7. The van der Waals surface area contributed by atoms with E-state index < -0.39 is 5.97 Å². The Balaban J connectivity index is 1.84. The molecule has 19 heavy (non-hydrogen) atoms. The Hall–Kier alpha value is -2.25. The van der Waals surface area contributed by atoms with Crippen LogP contribution in [0.2, 0.25) is 0 Å². The number of hydrogen-bond donors (Lipinski definition) is 1. The normalized spacial score (nSPS) is 14.0. The molecule has 1 aromatic rings. The molecular weight excluding hydrogens is 244 g/mol. The van der Waals surface area contributed by atoms with Crippen molar-refractivity contribution in [1.82, 2.24) is 0 Å². The Bertz CT molecular complexity index is 532. The van der Waals surface area contributed by atoms with Gasteiger partial charge in [-0.1, -0.05) is 11.8 Å². The molecule has 0 saturated heterocycles. The van der Waals surface area contributed by atoms with E-state index in [1.165, 1.54) is 12.1 Å². The van der Waals surface area contributed by atoms with Crippen molar-refractivity contribution in [2.45, 2.75) is 6.42 Å². The summed E-state index contributed by atoms with van der Waals surface area (Å²) in [6, 6.07) is 6.26. The minimum Gasteiger partial charge on any atom is -0.481 e. The largest absolute Gasteiger partial charge is 0.481 e. The molecule has 0 amide bonds. The Morgan fingerprint density at radius 3 is 2.79 bits per heavy atom. The molecule has 0 atom stereocenters. The monoisotopic (exact) mass is 258 g/mol. The number of carbonyl (C=O) groups is 1. The van der Waals surface area contributed by atoms with Crippen LogP contribution in [0.4, 0.5) is 0 Å². The number of rotatable bonds is 3. The fourth-order valence-corrected chi connectivity index (χ4v) is 1.60. The molecule has 1 N–H and O–H groups in total. The third-order valence-corrected chi connectivity index (χ3v) is 2.62. The first-order valence-corrected chi connectivity index (χ1v) is 5.97. The molecule has 1 aromatic carbocycles. The van der Waals surface area contributed by atoms with Crippen molar-refractivity contribution >= 4 is 5.97 Å². The average Bonchev–Trinajstić information content (AvgIpc) is 2.45. The van der Waals surface area contributed by atoms with Crippen molar-refractivity contribution in [2.75, 3.05) is 19.8 Å². The lowest BCUT2D eigenvalue weighted by atomic mass is 10.1. The summed E-state index contributed by atoms with van der Waals surface area (Å²) < 4.78 is 10.6. The quantitative estimate of drug-likeness (QED) is 0.844. The van der Waals surface area contributed by atoms with Crippen LogP contribution >= 0.6 is 0 Å². The van der Waals surface area contributed by atoms with Gasteiger partial charge in [0.15, 0.2) is 0 Å². The SMILES string of the molecule is O=C(O)c1ccc(OCC#CC2=CCOCC2)cc1. The van der Waals surface area contributed by atoms with Crippen molar-refractivity contribution in [3.8, 4) is 17.6 Å². The summed E-state index contributed by atoms with van der Waals surface area (Å²) in [4.78, 5) is 10.7. The third kappa shape index (κ3) is 4.16. The zero-order valence-corrected chi connectivity index (χ0v) is 10.4. The highest BCUT2D eigenvalue weighted by Crippen LogP contribution is 2.12. The second kappa shape index (κ2) is 6.62. The van der Waals surface area contributed by atoms with Gasteiger partial charge in [-0.25, -0.2) is 4.79 Å². The average molecular weight is 258 g/mol. The molecule has 98 valence electrons. The van der Waals surface area contributed by atoms with Crippen molar-refractivity contribution in [1.29, 1.82) is 0 Å². The smallest absolute Gasteiger partial charge is 0.335 e. The van der Waals surface area contributed by atoms with Gasteiger partial charge in [-0.05, 0) is 30.3 Å². The van der Waals surface area contributed by atoms with E-state index in [0.29, 0.717) is 12.4 Å². The molecule has 4 nitrogen and oxygen atoms in total. The molecule has 1 heterocycles. The van der Waals surface area contributed by atoms with Crippen LogP contribution in [0.1, 0.15) is 16.8 Å². The molecule has 1 aliphatic heterocycles. The van der Waals surface area contributed by atoms with Crippen LogP contribution in [-0.2, 0) is 4.74 Å². The van der Waals surface area contributed by atoms with E-state index in [1.54, 1.807) is 12.1 Å². The Morgan fingerprint density at radius 1 is 1.37 bits per heavy atom. The number of carboxylic acid groups (broad SMARTS) is 1. The standard InChI is InChI=1S/C15H14O4/c16-15(17)13-3-5-14(6-4-13)19-9-1-2-12-7-10-18-11-8-12/h3-7H,8-11H2,(H,16,17). The maximum absolute atomic E-state index is 10.7. The molecule has 4 heteroatoms. The number of benzene rings is 1. The summed E-state index contributed by atoms with van der Waals surface area (Å²) in [7, 11) is 0. The molecule has 0 saturated carbocycles. The van der Waals surface area contributed by atoms with E-state index in [-0.39, 0.29) is 12.2 Å². The van der Waals surface area contributed by atoms with Crippen molar-refractivity contribution in [3.63, 3.8) is 0 Å².